The second-order valence-corrected chi connectivity index (χ2v) is 5.10. The first-order chi connectivity index (χ1) is 12.1. The van der Waals surface area contributed by atoms with E-state index in [1.165, 1.54) is 21.3 Å². The molecule has 140 valence electrons. The molecule has 0 radical (unpaired) electrons. The average molecular weight is 358 g/mol. The summed E-state index contributed by atoms with van der Waals surface area (Å²) in [6.07, 6.45) is -0.898. The lowest BCUT2D eigenvalue weighted by molar-refractivity contribution is -0.149. The lowest BCUT2D eigenvalue weighted by Crippen LogP contribution is -2.23. The van der Waals surface area contributed by atoms with E-state index in [0.29, 0.717) is 29.6 Å². The lowest BCUT2D eigenvalue weighted by Gasteiger charge is -2.16. The van der Waals surface area contributed by atoms with E-state index in [0.717, 1.165) is 0 Å². The summed E-state index contributed by atoms with van der Waals surface area (Å²) in [5.41, 5.74) is 0. The number of methoxy groups -OCH3 is 3. The fourth-order valence-corrected chi connectivity index (χ4v) is 2.25. The Hall–Kier alpha value is -2.23. The van der Waals surface area contributed by atoms with Crippen molar-refractivity contribution < 1.29 is 43.1 Å². The Labute approximate surface area is 145 Å². The van der Waals surface area contributed by atoms with E-state index in [1.807, 2.05) is 0 Å². The molecule has 0 amide bonds. The molecule has 2 atom stereocenters. The normalized spacial score (nSPS) is 19.5. The van der Waals surface area contributed by atoms with Crippen molar-refractivity contribution in [2.24, 2.45) is 0 Å². The molecular formula is C16H22O9. The van der Waals surface area contributed by atoms with Crippen LogP contribution >= 0.6 is 0 Å². The number of ether oxygens (including phenoxy) is 7. The Bertz CT molecular complexity index is 550. The van der Waals surface area contributed by atoms with Gasteiger partial charge in [0.1, 0.15) is 25.1 Å². The van der Waals surface area contributed by atoms with E-state index >= 15 is 0 Å². The van der Waals surface area contributed by atoms with Gasteiger partial charge >= 0.3 is 5.97 Å². The Kier molecular flexibility index (Phi) is 7.11. The van der Waals surface area contributed by atoms with Crippen LogP contribution < -0.4 is 18.9 Å². The van der Waals surface area contributed by atoms with E-state index in [-0.39, 0.29) is 19.3 Å². The summed E-state index contributed by atoms with van der Waals surface area (Å²) < 4.78 is 37.4. The first kappa shape index (κ1) is 19.1. The summed E-state index contributed by atoms with van der Waals surface area (Å²) in [4.78, 5) is 10.4. The van der Waals surface area contributed by atoms with Crippen LogP contribution in [0.15, 0.2) is 12.1 Å². The van der Waals surface area contributed by atoms with Crippen LogP contribution in [0.2, 0.25) is 0 Å². The number of hydrogen-bond donors (Lipinski definition) is 1. The first-order valence-corrected chi connectivity index (χ1v) is 7.56. The van der Waals surface area contributed by atoms with Gasteiger partial charge in [0.05, 0.1) is 34.5 Å². The smallest absolute Gasteiger partial charge is 0.329 e. The van der Waals surface area contributed by atoms with Gasteiger partial charge in [-0.3, -0.25) is 0 Å². The van der Waals surface area contributed by atoms with Crippen molar-refractivity contribution >= 4 is 5.97 Å². The molecule has 1 heterocycles. The summed E-state index contributed by atoms with van der Waals surface area (Å²) in [6.45, 7) is 0.225. The molecule has 9 heteroatoms. The third kappa shape index (κ3) is 5.38. The highest BCUT2D eigenvalue weighted by Gasteiger charge is 2.27. The first-order valence-electron chi connectivity index (χ1n) is 7.56. The van der Waals surface area contributed by atoms with Crippen molar-refractivity contribution in [3.63, 3.8) is 0 Å². The SMILES string of the molecule is COc1cc(OCC2COC(COCC(=O)O)O2)cc(OC)c1OC. The predicted molar refractivity (Wildman–Crippen MR) is 84.7 cm³/mol. The van der Waals surface area contributed by atoms with Gasteiger partial charge < -0.3 is 38.3 Å². The lowest BCUT2D eigenvalue weighted by atomic mass is 10.2. The third-order valence-corrected chi connectivity index (χ3v) is 3.37. The quantitative estimate of drug-likeness (QED) is 0.654. The fraction of sp³-hybridized carbons (Fsp3) is 0.562. The summed E-state index contributed by atoms with van der Waals surface area (Å²) in [5, 5.41) is 8.52. The monoisotopic (exact) mass is 358 g/mol. The minimum absolute atomic E-state index is 0.0486. The topological polar surface area (TPSA) is 102 Å². The molecular weight excluding hydrogens is 336 g/mol. The molecule has 0 aliphatic carbocycles. The van der Waals surface area contributed by atoms with E-state index in [9.17, 15) is 4.79 Å². The molecule has 1 aromatic rings. The Morgan fingerprint density at radius 1 is 1.16 bits per heavy atom. The molecule has 2 unspecified atom stereocenters. The van der Waals surface area contributed by atoms with Crippen LogP contribution in [-0.4, -0.2) is 71.2 Å². The van der Waals surface area contributed by atoms with Gasteiger partial charge in [-0.1, -0.05) is 0 Å². The van der Waals surface area contributed by atoms with Gasteiger partial charge in [0.2, 0.25) is 5.75 Å². The highest BCUT2D eigenvalue weighted by atomic mass is 16.7. The van der Waals surface area contributed by atoms with Crippen molar-refractivity contribution in [2.45, 2.75) is 12.4 Å². The van der Waals surface area contributed by atoms with Gasteiger partial charge in [-0.25, -0.2) is 4.79 Å². The Morgan fingerprint density at radius 2 is 1.84 bits per heavy atom. The molecule has 0 saturated carbocycles. The molecule has 2 rings (SSSR count). The van der Waals surface area contributed by atoms with Crippen molar-refractivity contribution in [2.75, 3.05) is 47.8 Å². The zero-order chi connectivity index (χ0) is 18.2. The zero-order valence-electron chi connectivity index (χ0n) is 14.4. The Morgan fingerprint density at radius 3 is 2.40 bits per heavy atom. The van der Waals surface area contributed by atoms with Gasteiger partial charge in [0.15, 0.2) is 17.8 Å². The van der Waals surface area contributed by atoms with Crippen LogP contribution in [0.5, 0.6) is 23.0 Å². The molecule has 9 nitrogen and oxygen atoms in total. The molecule has 1 fully saturated rings. The van der Waals surface area contributed by atoms with Crippen LogP contribution in [0.25, 0.3) is 0 Å². The maximum atomic E-state index is 10.4. The zero-order valence-corrected chi connectivity index (χ0v) is 14.4. The van der Waals surface area contributed by atoms with Crippen molar-refractivity contribution in [1.82, 2.24) is 0 Å². The van der Waals surface area contributed by atoms with Crippen LogP contribution in [-0.2, 0) is 19.0 Å². The van der Waals surface area contributed by atoms with Gasteiger partial charge in [-0.15, -0.1) is 0 Å². The predicted octanol–water partition coefficient (Wildman–Crippen LogP) is 0.934. The van der Waals surface area contributed by atoms with Crippen molar-refractivity contribution in [3.8, 4) is 23.0 Å². The van der Waals surface area contributed by atoms with E-state index in [1.54, 1.807) is 12.1 Å². The molecule has 25 heavy (non-hydrogen) atoms. The number of benzene rings is 1. The van der Waals surface area contributed by atoms with Gasteiger partial charge in [0.25, 0.3) is 0 Å². The second-order valence-electron chi connectivity index (χ2n) is 5.10. The highest BCUT2D eigenvalue weighted by Crippen LogP contribution is 2.40. The van der Waals surface area contributed by atoms with Crippen molar-refractivity contribution in [3.05, 3.63) is 12.1 Å². The molecule has 1 saturated heterocycles. The van der Waals surface area contributed by atoms with Crippen LogP contribution in [0.1, 0.15) is 0 Å². The molecule has 0 aromatic heterocycles. The molecule has 1 aromatic carbocycles. The minimum atomic E-state index is -1.04. The minimum Gasteiger partial charge on any atom is -0.493 e. The van der Waals surface area contributed by atoms with Gasteiger partial charge in [-0.2, -0.15) is 0 Å². The maximum Gasteiger partial charge on any atom is 0.329 e. The highest BCUT2D eigenvalue weighted by molar-refractivity contribution is 5.67. The van der Waals surface area contributed by atoms with E-state index in [2.05, 4.69) is 0 Å². The molecule has 1 aliphatic heterocycles. The number of hydrogen-bond acceptors (Lipinski definition) is 8. The van der Waals surface area contributed by atoms with Crippen LogP contribution in [0, 0.1) is 0 Å². The van der Waals surface area contributed by atoms with Crippen LogP contribution in [0.3, 0.4) is 0 Å². The standard InChI is InChI=1S/C16H22O9/c1-19-12-4-10(5-13(20-2)16(12)21-3)23-6-11-7-24-15(25-11)9-22-8-14(17)18/h4-5,11,15H,6-9H2,1-3H3,(H,17,18). The summed E-state index contributed by atoms with van der Waals surface area (Å²) in [7, 11) is 4.57. The molecule has 0 bridgehead atoms. The van der Waals surface area contributed by atoms with Gasteiger partial charge in [-0.05, 0) is 0 Å². The van der Waals surface area contributed by atoms with Gasteiger partial charge in [0, 0.05) is 12.1 Å². The maximum absolute atomic E-state index is 10.4. The van der Waals surface area contributed by atoms with Crippen LogP contribution in [0.4, 0.5) is 0 Å². The van der Waals surface area contributed by atoms with E-state index in [4.69, 9.17) is 38.3 Å². The second kappa shape index (κ2) is 9.30. The average Bonchev–Trinajstić information content (AvgIpc) is 3.06. The molecule has 1 aliphatic rings. The number of carboxylic acid groups (broad SMARTS) is 1. The number of aliphatic carboxylic acids is 1. The largest absolute Gasteiger partial charge is 0.493 e. The molecule has 1 N–H and O–H groups in total. The van der Waals surface area contributed by atoms with E-state index < -0.39 is 18.9 Å². The van der Waals surface area contributed by atoms with Crippen molar-refractivity contribution in [1.29, 1.82) is 0 Å². The summed E-state index contributed by atoms with van der Waals surface area (Å²) in [6, 6.07) is 3.37. The third-order valence-electron chi connectivity index (χ3n) is 3.37. The summed E-state index contributed by atoms with van der Waals surface area (Å²) in [5.74, 6) is 0.943. The molecule has 0 spiro atoms. The number of carboxylic acids is 1. The number of rotatable bonds is 10. The Balaban J connectivity index is 1.86. The number of carbonyl (C=O) groups is 1. The summed E-state index contributed by atoms with van der Waals surface area (Å²) >= 11 is 0. The fourth-order valence-electron chi connectivity index (χ4n) is 2.25.